The molecule has 0 amide bonds. The third kappa shape index (κ3) is 2.36. The number of carbonyl (C=O) groups is 1. The standard InChI is InChI=1S/C12H16ClNO2/c1-7-5-9(13)8(2)11(12(7)16-4)10(15)6-14-3/h5,14H,6H2,1-4H3. The van der Waals surface area contributed by atoms with Crippen molar-refractivity contribution in [2.24, 2.45) is 0 Å². The summed E-state index contributed by atoms with van der Waals surface area (Å²) in [5.41, 5.74) is 2.21. The summed E-state index contributed by atoms with van der Waals surface area (Å²) in [6, 6.07) is 1.81. The molecule has 0 aliphatic carbocycles. The van der Waals surface area contributed by atoms with Gasteiger partial charge in [-0.25, -0.2) is 0 Å². The molecule has 0 aliphatic rings. The van der Waals surface area contributed by atoms with Gasteiger partial charge in [0.1, 0.15) is 5.75 Å². The zero-order valence-electron chi connectivity index (χ0n) is 9.98. The van der Waals surface area contributed by atoms with Gasteiger partial charge in [0.15, 0.2) is 5.78 Å². The van der Waals surface area contributed by atoms with Crippen molar-refractivity contribution in [3.05, 3.63) is 27.8 Å². The quantitative estimate of drug-likeness (QED) is 0.823. The second-order valence-corrected chi connectivity index (χ2v) is 4.07. The van der Waals surface area contributed by atoms with Gasteiger partial charge in [-0.3, -0.25) is 4.79 Å². The Morgan fingerprint density at radius 3 is 2.62 bits per heavy atom. The van der Waals surface area contributed by atoms with Crippen molar-refractivity contribution in [3.8, 4) is 5.75 Å². The van der Waals surface area contributed by atoms with E-state index in [-0.39, 0.29) is 12.3 Å². The van der Waals surface area contributed by atoms with Crippen LogP contribution in [0.5, 0.6) is 5.75 Å². The molecule has 0 saturated heterocycles. The molecule has 0 aliphatic heterocycles. The van der Waals surface area contributed by atoms with Crippen molar-refractivity contribution in [1.29, 1.82) is 0 Å². The lowest BCUT2D eigenvalue weighted by Crippen LogP contribution is -2.20. The molecular weight excluding hydrogens is 226 g/mol. The van der Waals surface area contributed by atoms with Gasteiger partial charge >= 0.3 is 0 Å². The molecule has 3 nitrogen and oxygen atoms in total. The predicted octanol–water partition coefficient (Wildman–Crippen LogP) is 2.37. The number of methoxy groups -OCH3 is 1. The van der Waals surface area contributed by atoms with E-state index in [4.69, 9.17) is 16.3 Å². The number of ketones is 1. The molecule has 0 radical (unpaired) electrons. The predicted molar refractivity (Wildman–Crippen MR) is 65.7 cm³/mol. The van der Waals surface area contributed by atoms with E-state index >= 15 is 0 Å². The first-order chi connectivity index (χ1) is 7.52. The van der Waals surface area contributed by atoms with Crippen LogP contribution in [0.15, 0.2) is 6.07 Å². The molecule has 1 aromatic carbocycles. The molecule has 0 bridgehead atoms. The lowest BCUT2D eigenvalue weighted by Gasteiger charge is -2.14. The van der Waals surface area contributed by atoms with Crippen molar-refractivity contribution < 1.29 is 9.53 Å². The summed E-state index contributed by atoms with van der Waals surface area (Å²) in [5, 5.41) is 3.43. The summed E-state index contributed by atoms with van der Waals surface area (Å²) in [5.74, 6) is 0.601. The number of Topliss-reactive ketones (excluding diaryl/α,β-unsaturated/α-hetero) is 1. The van der Waals surface area contributed by atoms with Gasteiger partial charge in [0.05, 0.1) is 19.2 Å². The maximum absolute atomic E-state index is 11.9. The molecule has 0 fully saturated rings. The van der Waals surface area contributed by atoms with Crippen LogP contribution in [-0.2, 0) is 0 Å². The van der Waals surface area contributed by atoms with E-state index in [9.17, 15) is 4.79 Å². The van der Waals surface area contributed by atoms with Gasteiger partial charge in [-0.2, -0.15) is 0 Å². The van der Waals surface area contributed by atoms with E-state index in [1.807, 2.05) is 19.9 Å². The van der Waals surface area contributed by atoms with Crippen LogP contribution in [0.2, 0.25) is 5.02 Å². The first-order valence-corrected chi connectivity index (χ1v) is 5.42. The van der Waals surface area contributed by atoms with Crippen molar-refractivity contribution >= 4 is 17.4 Å². The first-order valence-electron chi connectivity index (χ1n) is 5.04. The first kappa shape index (κ1) is 13.0. The Kier molecular flexibility index (Phi) is 4.33. The van der Waals surface area contributed by atoms with Crippen LogP contribution in [0, 0.1) is 13.8 Å². The SMILES string of the molecule is CNCC(=O)c1c(C)c(Cl)cc(C)c1OC. The van der Waals surface area contributed by atoms with Gasteiger partial charge in [-0.15, -0.1) is 0 Å². The molecule has 1 rings (SSSR count). The number of likely N-dealkylation sites (N-methyl/N-ethyl adjacent to an activating group) is 1. The number of hydrogen-bond donors (Lipinski definition) is 1. The Balaban J connectivity index is 3.38. The third-order valence-corrected chi connectivity index (χ3v) is 2.87. The number of nitrogens with one attached hydrogen (secondary N) is 1. The van der Waals surface area contributed by atoms with Crippen LogP contribution in [-0.4, -0.2) is 26.5 Å². The molecule has 4 heteroatoms. The van der Waals surface area contributed by atoms with Crippen LogP contribution in [0.3, 0.4) is 0 Å². The lowest BCUT2D eigenvalue weighted by molar-refractivity contribution is 0.0990. The number of hydrogen-bond acceptors (Lipinski definition) is 3. The second kappa shape index (κ2) is 5.32. The summed E-state index contributed by atoms with van der Waals surface area (Å²) < 4.78 is 5.27. The molecule has 0 unspecified atom stereocenters. The average molecular weight is 242 g/mol. The fourth-order valence-corrected chi connectivity index (χ4v) is 1.96. The second-order valence-electron chi connectivity index (χ2n) is 3.66. The van der Waals surface area contributed by atoms with Gasteiger partial charge in [0.2, 0.25) is 0 Å². The topological polar surface area (TPSA) is 38.3 Å². The highest BCUT2D eigenvalue weighted by molar-refractivity contribution is 6.32. The van der Waals surface area contributed by atoms with Crippen molar-refractivity contribution in [3.63, 3.8) is 0 Å². The van der Waals surface area contributed by atoms with Gasteiger partial charge in [-0.1, -0.05) is 11.6 Å². The van der Waals surface area contributed by atoms with Crippen LogP contribution in [0.25, 0.3) is 0 Å². The molecular formula is C12H16ClNO2. The summed E-state index contributed by atoms with van der Waals surface area (Å²) in [4.78, 5) is 11.9. The van der Waals surface area contributed by atoms with E-state index in [1.165, 1.54) is 0 Å². The number of aryl methyl sites for hydroxylation is 1. The Labute approximate surface area is 101 Å². The Morgan fingerprint density at radius 2 is 2.12 bits per heavy atom. The van der Waals surface area contributed by atoms with E-state index in [0.29, 0.717) is 16.3 Å². The molecule has 1 N–H and O–H groups in total. The minimum atomic E-state index is -0.0116. The number of rotatable bonds is 4. The van der Waals surface area contributed by atoms with Crippen LogP contribution in [0.1, 0.15) is 21.5 Å². The van der Waals surface area contributed by atoms with Crippen molar-refractivity contribution in [2.45, 2.75) is 13.8 Å². The minimum Gasteiger partial charge on any atom is -0.496 e. The number of halogens is 1. The molecule has 0 aromatic heterocycles. The summed E-state index contributed by atoms with van der Waals surface area (Å²) >= 11 is 6.06. The van der Waals surface area contributed by atoms with Gasteiger partial charge in [-0.05, 0) is 38.1 Å². The van der Waals surface area contributed by atoms with Crippen LogP contribution < -0.4 is 10.1 Å². The maximum atomic E-state index is 11.9. The Hall–Kier alpha value is -1.06. The summed E-state index contributed by atoms with van der Waals surface area (Å²) in [7, 11) is 3.29. The van der Waals surface area contributed by atoms with Gasteiger partial charge in [0.25, 0.3) is 0 Å². The van der Waals surface area contributed by atoms with E-state index < -0.39 is 0 Å². The Bertz CT molecular complexity index is 416. The normalized spacial score (nSPS) is 10.3. The molecule has 16 heavy (non-hydrogen) atoms. The molecule has 1 aromatic rings. The highest BCUT2D eigenvalue weighted by atomic mass is 35.5. The molecule has 0 atom stereocenters. The average Bonchev–Trinajstić information content (AvgIpc) is 2.23. The third-order valence-electron chi connectivity index (χ3n) is 2.48. The highest BCUT2D eigenvalue weighted by Gasteiger charge is 2.18. The van der Waals surface area contributed by atoms with Crippen molar-refractivity contribution in [1.82, 2.24) is 5.32 Å². The zero-order valence-corrected chi connectivity index (χ0v) is 10.7. The van der Waals surface area contributed by atoms with Crippen LogP contribution >= 0.6 is 11.6 Å². The lowest BCUT2D eigenvalue weighted by atomic mass is 10.00. The number of carbonyl (C=O) groups excluding carboxylic acids is 1. The molecule has 0 spiro atoms. The maximum Gasteiger partial charge on any atom is 0.180 e. The van der Waals surface area contributed by atoms with E-state index in [2.05, 4.69) is 5.32 Å². The van der Waals surface area contributed by atoms with Gasteiger partial charge < -0.3 is 10.1 Å². The molecule has 0 saturated carbocycles. The minimum absolute atomic E-state index is 0.0116. The summed E-state index contributed by atoms with van der Waals surface area (Å²) in [6.07, 6.45) is 0. The molecule has 88 valence electrons. The van der Waals surface area contributed by atoms with E-state index in [0.717, 1.165) is 11.1 Å². The number of ether oxygens (including phenoxy) is 1. The summed E-state index contributed by atoms with van der Waals surface area (Å²) in [6.45, 7) is 3.98. The van der Waals surface area contributed by atoms with E-state index in [1.54, 1.807) is 14.2 Å². The fourth-order valence-electron chi connectivity index (χ4n) is 1.70. The Morgan fingerprint density at radius 1 is 1.50 bits per heavy atom. The fraction of sp³-hybridized carbons (Fsp3) is 0.417. The monoisotopic (exact) mass is 241 g/mol. The molecule has 0 heterocycles. The highest BCUT2D eigenvalue weighted by Crippen LogP contribution is 2.32. The van der Waals surface area contributed by atoms with Gasteiger partial charge in [0, 0.05) is 5.02 Å². The van der Waals surface area contributed by atoms with Crippen molar-refractivity contribution in [2.75, 3.05) is 20.7 Å². The largest absolute Gasteiger partial charge is 0.496 e. The number of benzene rings is 1. The smallest absolute Gasteiger partial charge is 0.180 e. The zero-order chi connectivity index (χ0) is 12.3. The van der Waals surface area contributed by atoms with Crippen LogP contribution in [0.4, 0.5) is 0 Å².